The predicted molar refractivity (Wildman–Crippen MR) is 49.7 cm³/mol. The number of nitrogens with zero attached hydrogens (tertiary/aromatic N) is 1. The first-order valence-electron chi connectivity index (χ1n) is 3.55. The van der Waals surface area contributed by atoms with Gasteiger partial charge in [-0.2, -0.15) is 0 Å². The zero-order valence-electron chi connectivity index (χ0n) is 7.26. The van der Waals surface area contributed by atoms with Crippen molar-refractivity contribution in [3.63, 3.8) is 0 Å². The Morgan fingerprint density at radius 2 is 2.21 bits per heavy atom. The van der Waals surface area contributed by atoms with Gasteiger partial charge < -0.3 is 5.11 Å². The number of aromatic nitrogens is 1. The molecule has 0 saturated carbocycles. The molecular weight excluding hydrogens is 208 g/mol. The fourth-order valence-corrected chi connectivity index (χ4v) is 1.38. The molecular formula is C7H8N2O4S. The van der Waals surface area contributed by atoms with Crippen LogP contribution >= 0.6 is 0 Å². The Balaban J connectivity index is 3.01. The van der Waals surface area contributed by atoms with Gasteiger partial charge in [0.1, 0.15) is 5.69 Å². The maximum Gasteiger partial charge on any atom is 0.354 e. The van der Waals surface area contributed by atoms with E-state index < -0.39 is 16.0 Å². The molecule has 7 heteroatoms. The van der Waals surface area contributed by atoms with Crippen molar-refractivity contribution in [2.75, 3.05) is 11.0 Å². The average molecular weight is 216 g/mol. The van der Waals surface area contributed by atoms with Gasteiger partial charge in [0.05, 0.1) is 11.9 Å². The van der Waals surface area contributed by atoms with E-state index >= 15 is 0 Å². The van der Waals surface area contributed by atoms with Gasteiger partial charge >= 0.3 is 5.97 Å². The Kier molecular flexibility index (Phi) is 2.70. The number of carbonyl (C=O) groups is 1. The highest BCUT2D eigenvalue weighted by Crippen LogP contribution is 2.09. The molecule has 1 rings (SSSR count). The van der Waals surface area contributed by atoms with Crippen molar-refractivity contribution in [1.29, 1.82) is 0 Å². The lowest BCUT2D eigenvalue weighted by atomic mass is 10.3. The number of carboxylic acids is 1. The number of anilines is 1. The van der Waals surface area contributed by atoms with E-state index in [1.807, 2.05) is 0 Å². The van der Waals surface area contributed by atoms with E-state index in [0.29, 0.717) is 0 Å². The van der Waals surface area contributed by atoms with Crippen LogP contribution in [0.2, 0.25) is 0 Å². The van der Waals surface area contributed by atoms with E-state index in [4.69, 9.17) is 5.11 Å². The maximum atomic E-state index is 10.8. The molecule has 0 aromatic carbocycles. The van der Waals surface area contributed by atoms with E-state index in [1.54, 1.807) is 0 Å². The summed E-state index contributed by atoms with van der Waals surface area (Å²) in [6.07, 6.45) is 2.20. The zero-order valence-corrected chi connectivity index (χ0v) is 8.08. The molecule has 0 saturated heterocycles. The lowest BCUT2D eigenvalue weighted by molar-refractivity contribution is 0.0690. The number of aromatic carboxylic acids is 1. The van der Waals surface area contributed by atoms with Crippen molar-refractivity contribution < 1.29 is 18.3 Å². The normalized spacial score (nSPS) is 10.9. The molecule has 6 nitrogen and oxygen atoms in total. The number of rotatable bonds is 3. The minimum atomic E-state index is -3.39. The van der Waals surface area contributed by atoms with E-state index in [-0.39, 0.29) is 11.4 Å². The topological polar surface area (TPSA) is 96.4 Å². The second kappa shape index (κ2) is 3.62. The van der Waals surface area contributed by atoms with Gasteiger partial charge in [-0.25, -0.2) is 18.2 Å². The monoisotopic (exact) mass is 216 g/mol. The summed E-state index contributed by atoms with van der Waals surface area (Å²) in [5.74, 6) is -1.21. The minimum absolute atomic E-state index is 0.180. The summed E-state index contributed by atoms with van der Waals surface area (Å²) in [6.45, 7) is 0. The van der Waals surface area contributed by atoms with E-state index in [1.165, 1.54) is 12.3 Å². The Morgan fingerprint density at radius 3 is 2.71 bits per heavy atom. The third kappa shape index (κ3) is 3.02. The van der Waals surface area contributed by atoms with E-state index in [0.717, 1.165) is 12.3 Å². The first-order valence-corrected chi connectivity index (χ1v) is 5.45. The first kappa shape index (κ1) is 10.5. The lowest BCUT2D eigenvalue weighted by Gasteiger charge is -2.03. The van der Waals surface area contributed by atoms with Gasteiger partial charge in [0.25, 0.3) is 0 Å². The van der Waals surface area contributed by atoms with Crippen molar-refractivity contribution in [1.82, 2.24) is 4.98 Å². The summed E-state index contributed by atoms with van der Waals surface area (Å²) in [6, 6.07) is 2.51. The molecule has 0 amide bonds. The van der Waals surface area contributed by atoms with Crippen LogP contribution in [0.5, 0.6) is 0 Å². The Hall–Kier alpha value is -1.63. The molecule has 0 aliphatic rings. The van der Waals surface area contributed by atoms with Crippen LogP contribution in [0.3, 0.4) is 0 Å². The molecule has 0 fully saturated rings. The molecule has 0 bridgehead atoms. The highest BCUT2D eigenvalue weighted by Gasteiger charge is 2.07. The summed E-state index contributed by atoms with van der Waals surface area (Å²) in [4.78, 5) is 14.0. The fourth-order valence-electron chi connectivity index (χ4n) is 0.825. The molecule has 1 aromatic rings. The van der Waals surface area contributed by atoms with Gasteiger partial charge in [0, 0.05) is 6.20 Å². The molecule has 14 heavy (non-hydrogen) atoms. The molecule has 0 atom stereocenters. The van der Waals surface area contributed by atoms with Crippen LogP contribution in [0.25, 0.3) is 0 Å². The molecule has 0 spiro atoms. The minimum Gasteiger partial charge on any atom is -0.477 e. The highest BCUT2D eigenvalue weighted by molar-refractivity contribution is 7.92. The van der Waals surface area contributed by atoms with E-state index in [9.17, 15) is 13.2 Å². The Morgan fingerprint density at radius 1 is 1.57 bits per heavy atom. The molecule has 1 heterocycles. The molecule has 0 radical (unpaired) electrons. The quantitative estimate of drug-likeness (QED) is 0.749. The van der Waals surface area contributed by atoms with Gasteiger partial charge in [0.15, 0.2) is 0 Å². The number of hydrogen-bond acceptors (Lipinski definition) is 4. The average Bonchev–Trinajstić information content (AvgIpc) is 2.01. The first-order chi connectivity index (χ1) is 6.38. The Bertz CT molecular complexity index is 455. The maximum absolute atomic E-state index is 10.8. The third-order valence-electron chi connectivity index (χ3n) is 1.28. The highest BCUT2D eigenvalue weighted by atomic mass is 32.2. The van der Waals surface area contributed by atoms with Crippen LogP contribution in [-0.2, 0) is 10.0 Å². The van der Waals surface area contributed by atoms with Crippen LogP contribution in [0.4, 0.5) is 5.69 Å². The molecule has 76 valence electrons. The van der Waals surface area contributed by atoms with Gasteiger partial charge in [-0.05, 0) is 12.1 Å². The van der Waals surface area contributed by atoms with Gasteiger partial charge in [-0.3, -0.25) is 4.72 Å². The summed E-state index contributed by atoms with van der Waals surface area (Å²) in [5, 5.41) is 8.57. The number of sulfonamides is 1. The summed E-state index contributed by atoms with van der Waals surface area (Å²) in [5.41, 5.74) is -0.0291. The van der Waals surface area contributed by atoms with Crippen molar-refractivity contribution in [3.8, 4) is 0 Å². The summed E-state index contributed by atoms with van der Waals surface area (Å²) < 4.78 is 23.8. The Labute approximate surface area is 80.6 Å². The van der Waals surface area contributed by atoms with Crippen LogP contribution < -0.4 is 4.72 Å². The van der Waals surface area contributed by atoms with Crippen molar-refractivity contribution >= 4 is 21.7 Å². The third-order valence-corrected chi connectivity index (χ3v) is 1.89. The van der Waals surface area contributed by atoms with Gasteiger partial charge in [-0.1, -0.05) is 0 Å². The number of nitrogens with one attached hydrogen (secondary N) is 1. The van der Waals surface area contributed by atoms with Gasteiger partial charge in [0.2, 0.25) is 10.0 Å². The summed E-state index contributed by atoms with van der Waals surface area (Å²) in [7, 11) is -3.39. The lowest BCUT2D eigenvalue weighted by Crippen LogP contribution is -2.10. The van der Waals surface area contributed by atoms with Crippen LogP contribution in [0.1, 0.15) is 10.5 Å². The largest absolute Gasteiger partial charge is 0.477 e. The van der Waals surface area contributed by atoms with Crippen LogP contribution in [0, 0.1) is 0 Å². The number of hydrogen-bond donors (Lipinski definition) is 2. The standard InChI is InChI=1S/C7H8N2O4S/c1-14(12,13)9-5-2-3-8-6(4-5)7(10)11/h2-4H,1H3,(H,8,9)(H,10,11). The number of pyridine rings is 1. The van der Waals surface area contributed by atoms with Crippen LogP contribution in [0.15, 0.2) is 18.3 Å². The van der Waals surface area contributed by atoms with E-state index in [2.05, 4.69) is 9.71 Å². The second-order valence-electron chi connectivity index (χ2n) is 2.61. The van der Waals surface area contributed by atoms with Gasteiger partial charge in [-0.15, -0.1) is 0 Å². The SMILES string of the molecule is CS(=O)(=O)Nc1ccnc(C(=O)O)c1. The van der Waals surface area contributed by atoms with Crippen molar-refractivity contribution in [3.05, 3.63) is 24.0 Å². The molecule has 0 aliphatic heterocycles. The zero-order chi connectivity index (χ0) is 10.8. The molecule has 2 N–H and O–H groups in total. The van der Waals surface area contributed by atoms with Crippen LogP contribution in [-0.4, -0.2) is 30.7 Å². The molecule has 0 aliphatic carbocycles. The van der Waals surface area contributed by atoms with Crippen molar-refractivity contribution in [2.45, 2.75) is 0 Å². The van der Waals surface area contributed by atoms with Crippen molar-refractivity contribution in [2.24, 2.45) is 0 Å². The smallest absolute Gasteiger partial charge is 0.354 e. The molecule has 1 aromatic heterocycles. The second-order valence-corrected chi connectivity index (χ2v) is 4.36. The fraction of sp³-hybridized carbons (Fsp3) is 0.143. The number of carboxylic acid groups (broad SMARTS) is 1. The summed E-state index contributed by atoms with van der Waals surface area (Å²) >= 11 is 0. The predicted octanol–water partition coefficient (Wildman–Crippen LogP) is 0.151. The molecule has 0 unspecified atom stereocenters.